The Bertz CT molecular complexity index is 1060. The smallest absolute Gasteiger partial charge is 0.260 e. The van der Waals surface area contributed by atoms with Gasteiger partial charge in [-0.3, -0.25) is 14.8 Å². The minimum absolute atomic E-state index is 0.155. The summed E-state index contributed by atoms with van der Waals surface area (Å²) in [6, 6.07) is 23.8. The van der Waals surface area contributed by atoms with Crippen molar-refractivity contribution >= 4 is 23.6 Å². The Morgan fingerprint density at radius 3 is 2.23 bits per heavy atom. The van der Waals surface area contributed by atoms with Crippen LogP contribution in [0.3, 0.4) is 0 Å². The predicted octanol–water partition coefficient (Wildman–Crippen LogP) is 5.14. The van der Waals surface area contributed by atoms with E-state index in [-0.39, 0.29) is 11.5 Å². The molecule has 1 aliphatic rings. The highest BCUT2D eigenvalue weighted by molar-refractivity contribution is 7.99. The summed E-state index contributed by atoms with van der Waals surface area (Å²) >= 11 is 1.56. The monoisotopic (exact) mass is 419 g/mol. The van der Waals surface area contributed by atoms with Crippen molar-refractivity contribution < 1.29 is 19.5 Å². The molecule has 6 heteroatoms. The molecule has 1 fully saturated rings. The zero-order valence-corrected chi connectivity index (χ0v) is 17.3. The second kappa shape index (κ2) is 8.73. The van der Waals surface area contributed by atoms with Crippen LogP contribution in [0.2, 0.25) is 0 Å². The second-order valence-electron chi connectivity index (χ2n) is 7.03. The van der Waals surface area contributed by atoms with E-state index in [9.17, 15) is 14.8 Å². The average Bonchev–Trinajstić information content (AvgIpc) is 2.79. The van der Waals surface area contributed by atoms with Crippen LogP contribution >= 0.6 is 11.8 Å². The van der Waals surface area contributed by atoms with Crippen LogP contribution in [0.25, 0.3) is 11.1 Å². The predicted molar refractivity (Wildman–Crippen MR) is 115 cm³/mol. The third kappa shape index (κ3) is 4.10. The SMILES string of the molecule is COc1ccc(-c2ccc(Sc3ccccc3C3CCC(=O)N(O)C3=O)cc2)cc1. The van der Waals surface area contributed by atoms with Crippen LogP contribution in [0.4, 0.5) is 0 Å². The second-order valence-corrected chi connectivity index (χ2v) is 8.14. The molecule has 1 atom stereocenters. The van der Waals surface area contributed by atoms with Crippen LogP contribution in [0.5, 0.6) is 5.75 Å². The number of benzene rings is 3. The minimum Gasteiger partial charge on any atom is -0.497 e. The van der Waals surface area contributed by atoms with Crippen molar-refractivity contribution in [3.8, 4) is 16.9 Å². The molecule has 4 rings (SSSR count). The third-order valence-corrected chi connectivity index (χ3v) is 6.29. The summed E-state index contributed by atoms with van der Waals surface area (Å²) in [7, 11) is 1.65. The van der Waals surface area contributed by atoms with E-state index < -0.39 is 17.7 Å². The highest BCUT2D eigenvalue weighted by Gasteiger charge is 2.35. The number of carbonyl (C=O) groups excluding carboxylic acids is 2. The topological polar surface area (TPSA) is 66.8 Å². The van der Waals surface area contributed by atoms with Crippen LogP contribution in [0.15, 0.2) is 82.6 Å². The van der Waals surface area contributed by atoms with Gasteiger partial charge in [0, 0.05) is 16.2 Å². The first kappa shape index (κ1) is 20.2. The summed E-state index contributed by atoms with van der Waals surface area (Å²) in [6.07, 6.45) is 0.561. The van der Waals surface area contributed by atoms with Crippen LogP contribution in [-0.2, 0) is 9.59 Å². The number of hydroxylamine groups is 2. The lowest BCUT2D eigenvalue weighted by atomic mass is 9.90. The van der Waals surface area contributed by atoms with Gasteiger partial charge >= 0.3 is 0 Å². The maximum Gasteiger partial charge on any atom is 0.260 e. The normalized spacial score (nSPS) is 16.6. The Hall–Kier alpha value is -3.09. The summed E-state index contributed by atoms with van der Waals surface area (Å²) in [6.45, 7) is 0. The van der Waals surface area contributed by atoms with Crippen molar-refractivity contribution in [3.05, 3.63) is 78.4 Å². The zero-order chi connectivity index (χ0) is 21.1. The van der Waals surface area contributed by atoms with Crippen molar-refractivity contribution in [2.45, 2.75) is 28.6 Å². The number of ether oxygens (including phenoxy) is 1. The molecule has 152 valence electrons. The molecular formula is C24H21NO4S. The molecule has 1 aliphatic heterocycles. The van der Waals surface area contributed by atoms with Crippen LogP contribution in [0, 0.1) is 0 Å². The van der Waals surface area contributed by atoms with Gasteiger partial charge in [0.25, 0.3) is 11.8 Å². The number of methoxy groups -OCH3 is 1. The largest absolute Gasteiger partial charge is 0.497 e. The lowest BCUT2D eigenvalue weighted by Gasteiger charge is -2.27. The molecule has 30 heavy (non-hydrogen) atoms. The molecule has 3 aromatic carbocycles. The molecule has 0 spiro atoms. The highest BCUT2D eigenvalue weighted by atomic mass is 32.2. The first-order chi connectivity index (χ1) is 14.6. The number of rotatable bonds is 5. The number of nitrogens with zero attached hydrogens (tertiary/aromatic N) is 1. The van der Waals surface area contributed by atoms with E-state index in [1.807, 2.05) is 60.7 Å². The standard InChI is InChI=1S/C24H21NO4S/c1-29-18-10-6-16(7-11-18)17-8-12-19(13-9-17)30-22-5-3-2-4-20(22)21-14-15-23(26)25(28)24(21)27/h2-13,21,28H,14-15H2,1H3. The lowest BCUT2D eigenvalue weighted by molar-refractivity contribution is -0.184. The number of amides is 2. The maximum absolute atomic E-state index is 12.4. The fourth-order valence-corrected chi connectivity index (χ4v) is 4.54. The number of carbonyl (C=O) groups is 2. The van der Waals surface area contributed by atoms with E-state index in [0.717, 1.165) is 32.2 Å². The van der Waals surface area contributed by atoms with Gasteiger partial charge in [-0.2, -0.15) is 5.06 Å². The van der Waals surface area contributed by atoms with Crippen LogP contribution in [-0.4, -0.2) is 29.2 Å². The zero-order valence-electron chi connectivity index (χ0n) is 16.4. The number of hydrogen-bond acceptors (Lipinski definition) is 5. The highest BCUT2D eigenvalue weighted by Crippen LogP contribution is 2.38. The Morgan fingerprint density at radius 1 is 0.933 bits per heavy atom. The van der Waals surface area contributed by atoms with E-state index in [1.54, 1.807) is 18.9 Å². The molecule has 1 heterocycles. The molecule has 0 aromatic heterocycles. The van der Waals surface area contributed by atoms with Gasteiger partial charge in [0.05, 0.1) is 13.0 Å². The average molecular weight is 420 g/mol. The van der Waals surface area contributed by atoms with E-state index in [0.29, 0.717) is 6.42 Å². The molecular weight excluding hydrogens is 398 g/mol. The molecule has 1 unspecified atom stereocenters. The molecule has 1 N–H and O–H groups in total. The van der Waals surface area contributed by atoms with Crippen molar-refractivity contribution in [3.63, 3.8) is 0 Å². The van der Waals surface area contributed by atoms with E-state index >= 15 is 0 Å². The van der Waals surface area contributed by atoms with Gasteiger partial charge in [0.15, 0.2) is 0 Å². The van der Waals surface area contributed by atoms with Crippen molar-refractivity contribution in [1.82, 2.24) is 5.06 Å². The van der Waals surface area contributed by atoms with Gasteiger partial charge in [-0.25, -0.2) is 0 Å². The number of piperidine rings is 1. The quantitative estimate of drug-likeness (QED) is 0.458. The van der Waals surface area contributed by atoms with E-state index in [4.69, 9.17) is 4.74 Å². The molecule has 1 saturated heterocycles. The molecule has 5 nitrogen and oxygen atoms in total. The van der Waals surface area contributed by atoms with Crippen molar-refractivity contribution in [1.29, 1.82) is 0 Å². The van der Waals surface area contributed by atoms with Gasteiger partial charge < -0.3 is 4.74 Å². The Balaban J connectivity index is 1.55. The van der Waals surface area contributed by atoms with Crippen LogP contribution < -0.4 is 4.74 Å². The van der Waals surface area contributed by atoms with Crippen LogP contribution in [0.1, 0.15) is 24.3 Å². The summed E-state index contributed by atoms with van der Waals surface area (Å²) in [5, 5.41) is 10.0. The van der Waals surface area contributed by atoms with Gasteiger partial charge in [-0.15, -0.1) is 0 Å². The maximum atomic E-state index is 12.4. The lowest BCUT2D eigenvalue weighted by Crippen LogP contribution is -2.41. The molecule has 0 radical (unpaired) electrons. The molecule has 3 aromatic rings. The third-order valence-electron chi connectivity index (χ3n) is 5.19. The van der Waals surface area contributed by atoms with Gasteiger partial charge in [0.2, 0.25) is 0 Å². The van der Waals surface area contributed by atoms with Gasteiger partial charge in [-0.05, 0) is 53.4 Å². The van der Waals surface area contributed by atoms with Crippen molar-refractivity contribution in [2.75, 3.05) is 7.11 Å². The Morgan fingerprint density at radius 2 is 1.57 bits per heavy atom. The van der Waals surface area contributed by atoms with Gasteiger partial charge in [-0.1, -0.05) is 54.2 Å². The Kier molecular flexibility index (Phi) is 5.88. The minimum atomic E-state index is -0.561. The van der Waals surface area contributed by atoms with E-state index in [2.05, 4.69) is 12.1 Å². The first-order valence-corrected chi connectivity index (χ1v) is 10.5. The summed E-state index contributed by atoms with van der Waals surface area (Å²) in [5.74, 6) is -0.803. The Labute approximate surface area is 179 Å². The summed E-state index contributed by atoms with van der Waals surface area (Å²) in [5.41, 5.74) is 3.04. The summed E-state index contributed by atoms with van der Waals surface area (Å²) < 4.78 is 5.21. The van der Waals surface area contributed by atoms with Gasteiger partial charge in [0.1, 0.15) is 5.75 Å². The first-order valence-electron chi connectivity index (χ1n) is 9.64. The van der Waals surface area contributed by atoms with Crippen molar-refractivity contribution in [2.24, 2.45) is 0 Å². The fraction of sp³-hybridized carbons (Fsp3) is 0.167. The number of hydrogen-bond donors (Lipinski definition) is 1. The fourth-order valence-electron chi connectivity index (χ4n) is 3.54. The molecule has 0 saturated carbocycles. The number of imide groups is 1. The molecule has 2 amide bonds. The molecule has 0 bridgehead atoms. The van der Waals surface area contributed by atoms with E-state index in [1.165, 1.54) is 0 Å². The summed E-state index contributed by atoms with van der Waals surface area (Å²) in [4.78, 5) is 26.0. The molecule has 0 aliphatic carbocycles.